The van der Waals surface area contributed by atoms with Crippen LogP contribution in [0.25, 0.3) is 0 Å². The molecule has 0 saturated carbocycles. The molecule has 0 heterocycles. The average molecular weight is 297 g/mol. The van der Waals surface area contributed by atoms with Crippen molar-refractivity contribution in [2.45, 2.75) is 65.2 Å². The molecule has 0 rings (SSSR count). The van der Waals surface area contributed by atoms with Gasteiger partial charge in [0.2, 0.25) is 0 Å². The van der Waals surface area contributed by atoms with Gasteiger partial charge in [0.15, 0.2) is 0 Å². The Balaban J connectivity index is 0. The summed E-state index contributed by atoms with van der Waals surface area (Å²) in [5, 5.41) is 8.38. The summed E-state index contributed by atoms with van der Waals surface area (Å²) < 4.78 is 0. The molecule has 0 aliphatic rings. The molecule has 0 amide bonds. The van der Waals surface area contributed by atoms with Gasteiger partial charge >= 0.3 is 41.5 Å². The molecule has 0 atom stereocenters. The third-order valence-corrected chi connectivity index (χ3v) is 2.79. The Morgan fingerprint density at radius 3 is 2.25 bits per heavy atom. The van der Waals surface area contributed by atoms with Crippen LogP contribution in [0.5, 0.6) is 0 Å². The van der Waals surface area contributed by atoms with Gasteiger partial charge in [-0.3, -0.25) is 9.59 Å². The second kappa shape index (κ2) is 15.3. The van der Waals surface area contributed by atoms with E-state index in [1.165, 1.54) is 19.3 Å². The van der Waals surface area contributed by atoms with Crippen molar-refractivity contribution in [3.8, 4) is 0 Å². The normalized spacial score (nSPS) is 10.2. The molecule has 0 aromatic rings. The summed E-state index contributed by atoms with van der Waals surface area (Å²) in [6.07, 6.45) is 7.14. The summed E-state index contributed by atoms with van der Waals surface area (Å²) in [6.45, 7) is 4.61. The zero-order valence-corrected chi connectivity index (χ0v) is 12.1. The number of nitrogens with one attached hydrogen (secondary N) is 1. The second-order valence-electron chi connectivity index (χ2n) is 5.21. The van der Waals surface area contributed by atoms with Crippen LogP contribution in [0, 0.1) is 5.92 Å². The molecule has 0 aliphatic carbocycles. The zero-order valence-electron chi connectivity index (χ0n) is 12.1. The molecule has 0 aromatic heterocycles. The molecule has 5 nitrogen and oxygen atoms in total. The quantitative estimate of drug-likeness (QED) is 0.328. The van der Waals surface area contributed by atoms with Gasteiger partial charge in [0.05, 0.1) is 6.42 Å². The molecule has 6 heteroatoms. The Hall–Kier alpha value is -0.100. The van der Waals surface area contributed by atoms with E-state index >= 15 is 0 Å². The Bertz CT molecular complexity index is 260. The number of aliphatic carboxylic acids is 1. The fourth-order valence-corrected chi connectivity index (χ4v) is 1.69. The standard InChI is InChI=1S/C14H27NO4.Na.H/c1-12(2)8-6-4-3-5-7-9-14(18)19-15-11-10-13(16)17;;/h12,15H,3-11H2,1-2H3,(H,16,17);;. The molecular formula is C14H28NNaO4. The van der Waals surface area contributed by atoms with Crippen LogP contribution in [0.4, 0.5) is 0 Å². The SMILES string of the molecule is CC(C)CCCCCCCC(=O)ONCCC(=O)O.[NaH]. The fourth-order valence-electron chi connectivity index (χ4n) is 1.69. The van der Waals surface area contributed by atoms with Gasteiger partial charge in [-0.05, 0) is 12.3 Å². The van der Waals surface area contributed by atoms with E-state index in [4.69, 9.17) is 9.94 Å². The van der Waals surface area contributed by atoms with Crippen LogP contribution in [0.2, 0.25) is 0 Å². The maximum atomic E-state index is 11.2. The van der Waals surface area contributed by atoms with Crippen LogP contribution in [0.15, 0.2) is 0 Å². The van der Waals surface area contributed by atoms with E-state index in [-0.39, 0.29) is 48.5 Å². The van der Waals surface area contributed by atoms with E-state index in [0.717, 1.165) is 25.2 Å². The first-order valence-corrected chi connectivity index (χ1v) is 7.16. The van der Waals surface area contributed by atoms with Gasteiger partial charge in [0.25, 0.3) is 0 Å². The predicted molar refractivity (Wildman–Crippen MR) is 80.7 cm³/mol. The van der Waals surface area contributed by atoms with Gasteiger partial charge in [-0.15, -0.1) is 0 Å². The average Bonchev–Trinajstić information content (AvgIpc) is 2.33. The van der Waals surface area contributed by atoms with Crippen molar-refractivity contribution in [2.75, 3.05) is 6.54 Å². The number of hydroxylamine groups is 1. The number of carbonyl (C=O) groups excluding carboxylic acids is 1. The van der Waals surface area contributed by atoms with Crippen LogP contribution in [0.3, 0.4) is 0 Å². The van der Waals surface area contributed by atoms with Gasteiger partial charge < -0.3 is 9.94 Å². The van der Waals surface area contributed by atoms with Crippen molar-refractivity contribution in [1.82, 2.24) is 5.48 Å². The Labute approximate surface area is 144 Å². The van der Waals surface area contributed by atoms with E-state index in [9.17, 15) is 9.59 Å². The first-order chi connectivity index (χ1) is 9.02. The van der Waals surface area contributed by atoms with Crippen LogP contribution in [-0.2, 0) is 14.4 Å². The number of hydrogen-bond acceptors (Lipinski definition) is 4. The first-order valence-electron chi connectivity index (χ1n) is 7.16. The Morgan fingerprint density at radius 1 is 1.05 bits per heavy atom. The third-order valence-electron chi connectivity index (χ3n) is 2.79. The van der Waals surface area contributed by atoms with Gasteiger partial charge in [0, 0.05) is 13.0 Å². The maximum absolute atomic E-state index is 11.2. The summed E-state index contributed by atoms with van der Waals surface area (Å²) in [5.41, 5.74) is 2.36. The van der Waals surface area contributed by atoms with Crippen molar-refractivity contribution < 1.29 is 19.5 Å². The first kappa shape index (κ1) is 22.2. The molecule has 0 aliphatic heterocycles. The van der Waals surface area contributed by atoms with Crippen molar-refractivity contribution in [3.05, 3.63) is 0 Å². The molecule has 0 saturated heterocycles. The van der Waals surface area contributed by atoms with E-state index in [1.54, 1.807) is 0 Å². The number of carbonyl (C=O) groups is 2. The minimum atomic E-state index is -0.912. The van der Waals surface area contributed by atoms with Crippen LogP contribution in [0.1, 0.15) is 65.2 Å². The monoisotopic (exact) mass is 297 g/mol. The van der Waals surface area contributed by atoms with E-state index in [1.807, 2.05) is 0 Å². The van der Waals surface area contributed by atoms with Crippen LogP contribution in [-0.4, -0.2) is 53.1 Å². The molecule has 114 valence electrons. The number of carboxylic acid groups (broad SMARTS) is 1. The zero-order chi connectivity index (χ0) is 14.5. The summed E-state index contributed by atoms with van der Waals surface area (Å²) >= 11 is 0. The summed E-state index contributed by atoms with van der Waals surface area (Å²) in [5.74, 6) is -0.454. The molecule has 2 N–H and O–H groups in total. The molecular weight excluding hydrogens is 269 g/mol. The summed E-state index contributed by atoms with van der Waals surface area (Å²) in [6, 6.07) is 0. The topological polar surface area (TPSA) is 75.6 Å². The molecule has 0 unspecified atom stereocenters. The van der Waals surface area contributed by atoms with E-state index < -0.39 is 5.97 Å². The number of hydrogen-bond donors (Lipinski definition) is 2. The van der Waals surface area contributed by atoms with E-state index in [0.29, 0.717) is 6.42 Å². The van der Waals surface area contributed by atoms with Crippen LogP contribution < -0.4 is 5.48 Å². The molecule has 0 radical (unpaired) electrons. The van der Waals surface area contributed by atoms with Gasteiger partial charge in [0.1, 0.15) is 0 Å². The minimum absolute atomic E-state index is 0. The molecule has 0 spiro atoms. The van der Waals surface area contributed by atoms with Crippen molar-refractivity contribution in [1.29, 1.82) is 0 Å². The number of carboxylic acids is 1. The number of rotatable bonds is 12. The Kier molecular flexibility index (Phi) is 17.0. The van der Waals surface area contributed by atoms with Crippen molar-refractivity contribution in [2.24, 2.45) is 5.92 Å². The van der Waals surface area contributed by atoms with Crippen molar-refractivity contribution in [3.63, 3.8) is 0 Å². The predicted octanol–water partition coefficient (Wildman–Crippen LogP) is 2.25. The summed E-state index contributed by atoms with van der Waals surface area (Å²) in [7, 11) is 0. The number of unbranched alkanes of at least 4 members (excludes halogenated alkanes) is 4. The van der Waals surface area contributed by atoms with E-state index in [2.05, 4.69) is 19.3 Å². The van der Waals surface area contributed by atoms with Gasteiger partial charge in [-0.25, -0.2) is 0 Å². The Morgan fingerprint density at radius 2 is 1.65 bits per heavy atom. The summed E-state index contributed by atoms with van der Waals surface area (Å²) in [4.78, 5) is 26.1. The molecule has 0 fully saturated rings. The second-order valence-corrected chi connectivity index (χ2v) is 5.21. The molecule has 0 aromatic carbocycles. The van der Waals surface area contributed by atoms with Crippen molar-refractivity contribution >= 4 is 41.5 Å². The molecule has 20 heavy (non-hydrogen) atoms. The fraction of sp³-hybridized carbons (Fsp3) is 0.857. The van der Waals surface area contributed by atoms with Crippen LogP contribution >= 0.6 is 0 Å². The third kappa shape index (κ3) is 17.9. The molecule has 0 bridgehead atoms. The van der Waals surface area contributed by atoms with Gasteiger partial charge in [-0.2, -0.15) is 5.48 Å². The van der Waals surface area contributed by atoms with Gasteiger partial charge in [-0.1, -0.05) is 46.0 Å².